The summed E-state index contributed by atoms with van der Waals surface area (Å²) in [5, 5.41) is 0.751. The maximum absolute atomic E-state index is 11.8. The van der Waals surface area contributed by atoms with Gasteiger partial charge in [0, 0.05) is 5.56 Å². The lowest BCUT2D eigenvalue weighted by atomic mass is 10.1. The number of aryl methyl sites for hydroxylation is 1. The van der Waals surface area contributed by atoms with Crippen molar-refractivity contribution in [1.82, 2.24) is 0 Å². The zero-order valence-electron chi connectivity index (χ0n) is 10.9. The van der Waals surface area contributed by atoms with Gasteiger partial charge in [-0.15, -0.1) is 6.42 Å². The summed E-state index contributed by atoms with van der Waals surface area (Å²) in [5.74, 6) is 2.74. The molecule has 98 valence electrons. The minimum atomic E-state index is -0.473. The van der Waals surface area contributed by atoms with Gasteiger partial charge in [-0.25, -0.2) is 4.79 Å². The predicted molar refractivity (Wildman–Crippen MR) is 71.2 cm³/mol. The minimum absolute atomic E-state index is 0.165. The van der Waals surface area contributed by atoms with E-state index in [1.165, 1.54) is 0 Å². The van der Waals surface area contributed by atoms with E-state index in [9.17, 15) is 4.79 Å². The Bertz CT molecular complexity index is 646. The molecule has 0 amide bonds. The van der Waals surface area contributed by atoms with Gasteiger partial charge in [0.15, 0.2) is 0 Å². The smallest absolute Gasteiger partial charge is 0.374 e. The Morgan fingerprint density at radius 2 is 2.26 bits per heavy atom. The minimum Gasteiger partial charge on any atom is -0.480 e. The number of benzene rings is 1. The first-order valence-electron chi connectivity index (χ1n) is 5.94. The van der Waals surface area contributed by atoms with Gasteiger partial charge in [0.25, 0.3) is 0 Å². The Morgan fingerprint density at radius 1 is 1.47 bits per heavy atom. The number of ether oxygens (including phenoxy) is 2. The molecule has 1 heterocycles. The average Bonchev–Trinajstić information content (AvgIpc) is 2.75. The second-order valence-electron chi connectivity index (χ2n) is 3.90. The number of terminal acetylenes is 1. The second-order valence-corrected chi connectivity index (χ2v) is 3.90. The van der Waals surface area contributed by atoms with Gasteiger partial charge in [-0.1, -0.05) is 12.0 Å². The van der Waals surface area contributed by atoms with E-state index < -0.39 is 5.97 Å². The van der Waals surface area contributed by atoms with Gasteiger partial charge in [-0.05, 0) is 26.0 Å². The van der Waals surface area contributed by atoms with Gasteiger partial charge in [-0.3, -0.25) is 0 Å². The molecule has 4 nitrogen and oxygen atoms in total. The monoisotopic (exact) mass is 258 g/mol. The number of fused-ring (bicyclic) bond motifs is 1. The highest BCUT2D eigenvalue weighted by Crippen LogP contribution is 2.33. The number of hydrogen-bond acceptors (Lipinski definition) is 4. The molecule has 0 saturated heterocycles. The van der Waals surface area contributed by atoms with Crippen LogP contribution in [0.3, 0.4) is 0 Å². The van der Waals surface area contributed by atoms with E-state index in [-0.39, 0.29) is 12.4 Å². The van der Waals surface area contributed by atoms with E-state index in [0.29, 0.717) is 23.5 Å². The Morgan fingerprint density at radius 3 is 2.95 bits per heavy atom. The molecule has 2 rings (SSSR count). The third-order valence-electron chi connectivity index (χ3n) is 2.69. The standard InChI is InChI=1S/C15H14O4/c1-4-9-18-11-7-6-8-12-13(11)10(3)14(19-12)15(16)17-5-2/h1,6-8H,5,9H2,2-3H3. The molecule has 0 aliphatic carbocycles. The summed E-state index contributed by atoms with van der Waals surface area (Å²) in [5.41, 5.74) is 1.27. The summed E-state index contributed by atoms with van der Waals surface area (Å²) < 4.78 is 15.9. The Hall–Kier alpha value is -2.41. The molecular weight excluding hydrogens is 244 g/mol. The van der Waals surface area contributed by atoms with Crippen molar-refractivity contribution in [2.75, 3.05) is 13.2 Å². The van der Waals surface area contributed by atoms with Crippen LogP contribution in [0.25, 0.3) is 11.0 Å². The first-order valence-corrected chi connectivity index (χ1v) is 5.94. The third kappa shape index (κ3) is 2.41. The van der Waals surface area contributed by atoms with Gasteiger partial charge in [0.1, 0.15) is 17.9 Å². The van der Waals surface area contributed by atoms with E-state index in [1.54, 1.807) is 32.0 Å². The quantitative estimate of drug-likeness (QED) is 0.625. The van der Waals surface area contributed by atoms with Crippen LogP contribution in [-0.4, -0.2) is 19.2 Å². The molecule has 0 aliphatic rings. The fraction of sp³-hybridized carbons (Fsp3) is 0.267. The van der Waals surface area contributed by atoms with Crippen LogP contribution in [0.1, 0.15) is 23.0 Å². The van der Waals surface area contributed by atoms with Crippen LogP contribution >= 0.6 is 0 Å². The molecule has 1 aromatic carbocycles. The van der Waals surface area contributed by atoms with Crippen LogP contribution in [0.5, 0.6) is 5.75 Å². The van der Waals surface area contributed by atoms with Gasteiger partial charge in [0.2, 0.25) is 5.76 Å². The largest absolute Gasteiger partial charge is 0.480 e. The van der Waals surface area contributed by atoms with Crippen LogP contribution in [0.4, 0.5) is 0 Å². The number of rotatable bonds is 4. The zero-order valence-corrected chi connectivity index (χ0v) is 10.9. The lowest BCUT2D eigenvalue weighted by molar-refractivity contribution is 0.0491. The van der Waals surface area contributed by atoms with Crippen LogP contribution in [0.2, 0.25) is 0 Å². The molecule has 0 aliphatic heterocycles. The molecule has 0 unspecified atom stereocenters. The molecule has 0 saturated carbocycles. The van der Waals surface area contributed by atoms with Crippen molar-refractivity contribution in [2.45, 2.75) is 13.8 Å². The topological polar surface area (TPSA) is 48.7 Å². The van der Waals surface area contributed by atoms with Gasteiger partial charge >= 0.3 is 5.97 Å². The highest BCUT2D eigenvalue weighted by atomic mass is 16.5. The maximum Gasteiger partial charge on any atom is 0.374 e. The van der Waals surface area contributed by atoms with E-state index in [4.69, 9.17) is 20.3 Å². The number of esters is 1. The average molecular weight is 258 g/mol. The number of furan rings is 1. The predicted octanol–water partition coefficient (Wildman–Crippen LogP) is 2.93. The van der Waals surface area contributed by atoms with E-state index in [1.807, 2.05) is 0 Å². The van der Waals surface area contributed by atoms with Crippen LogP contribution in [0, 0.1) is 19.3 Å². The number of hydrogen-bond donors (Lipinski definition) is 0. The molecular formula is C15H14O4. The van der Waals surface area contributed by atoms with Gasteiger partial charge in [-0.2, -0.15) is 0 Å². The Balaban J connectivity index is 2.51. The van der Waals surface area contributed by atoms with Gasteiger partial charge in [0.05, 0.1) is 12.0 Å². The fourth-order valence-electron chi connectivity index (χ4n) is 1.90. The van der Waals surface area contributed by atoms with Crippen LogP contribution in [0.15, 0.2) is 22.6 Å². The molecule has 0 spiro atoms. The molecule has 19 heavy (non-hydrogen) atoms. The highest BCUT2D eigenvalue weighted by molar-refractivity contribution is 5.98. The molecule has 0 bridgehead atoms. The molecule has 2 aromatic rings. The van der Waals surface area contributed by atoms with Crippen molar-refractivity contribution < 1.29 is 18.7 Å². The fourth-order valence-corrected chi connectivity index (χ4v) is 1.90. The van der Waals surface area contributed by atoms with Crippen LogP contribution in [-0.2, 0) is 4.74 Å². The van der Waals surface area contributed by atoms with E-state index in [2.05, 4.69) is 5.92 Å². The van der Waals surface area contributed by atoms with Crippen LogP contribution < -0.4 is 4.74 Å². The van der Waals surface area contributed by atoms with E-state index in [0.717, 1.165) is 5.39 Å². The Kier molecular flexibility index (Phi) is 3.76. The summed E-state index contributed by atoms with van der Waals surface area (Å²) in [6.07, 6.45) is 5.18. The summed E-state index contributed by atoms with van der Waals surface area (Å²) in [4.78, 5) is 11.8. The summed E-state index contributed by atoms with van der Waals surface area (Å²) in [6.45, 7) is 4.01. The highest BCUT2D eigenvalue weighted by Gasteiger charge is 2.20. The summed E-state index contributed by atoms with van der Waals surface area (Å²) in [6, 6.07) is 5.34. The first kappa shape index (κ1) is 13.0. The maximum atomic E-state index is 11.8. The SMILES string of the molecule is C#CCOc1cccc2oc(C(=O)OCC)c(C)c12. The normalized spacial score (nSPS) is 10.2. The molecule has 0 atom stereocenters. The van der Waals surface area contributed by atoms with Crippen molar-refractivity contribution >= 4 is 16.9 Å². The summed E-state index contributed by atoms with van der Waals surface area (Å²) in [7, 11) is 0. The first-order chi connectivity index (χ1) is 9.19. The Labute approximate surface area is 111 Å². The zero-order chi connectivity index (χ0) is 13.8. The second kappa shape index (κ2) is 5.49. The lowest BCUT2D eigenvalue weighted by Gasteiger charge is -2.03. The van der Waals surface area contributed by atoms with Gasteiger partial charge < -0.3 is 13.9 Å². The van der Waals surface area contributed by atoms with Crippen molar-refractivity contribution in [1.29, 1.82) is 0 Å². The molecule has 0 fully saturated rings. The third-order valence-corrected chi connectivity index (χ3v) is 2.69. The van der Waals surface area contributed by atoms with E-state index >= 15 is 0 Å². The molecule has 4 heteroatoms. The molecule has 0 radical (unpaired) electrons. The van der Waals surface area contributed by atoms with Crippen molar-refractivity contribution in [3.63, 3.8) is 0 Å². The molecule has 1 aromatic heterocycles. The van der Waals surface area contributed by atoms with Crippen molar-refractivity contribution in [2.24, 2.45) is 0 Å². The summed E-state index contributed by atoms with van der Waals surface area (Å²) >= 11 is 0. The lowest BCUT2D eigenvalue weighted by Crippen LogP contribution is -2.04. The van der Waals surface area contributed by atoms with Crippen molar-refractivity contribution in [3.05, 3.63) is 29.5 Å². The molecule has 0 N–H and O–H groups in total. The number of carbonyl (C=O) groups excluding carboxylic acids is 1. The van der Waals surface area contributed by atoms with Crippen molar-refractivity contribution in [3.8, 4) is 18.1 Å². The number of carbonyl (C=O) groups is 1.